The number of fused-ring (bicyclic) bond motifs is 1. The smallest absolute Gasteiger partial charge is 0.263 e. The molecule has 0 radical (unpaired) electrons. The number of benzene rings is 1. The van der Waals surface area contributed by atoms with Gasteiger partial charge in [-0.05, 0) is 37.1 Å². The van der Waals surface area contributed by atoms with Crippen LogP contribution in [0.3, 0.4) is 0 Å². The quantitative estimate of drug-likeness (QED) is 0.534. The molecule has 4 heterocycles. The zero-order valence-electron chi connectivity index (χ0n) is 16.5. The molecule has 0 amide bonds. The van der Waals surface area contributed by atoms with Gasteiger partial charge >= 0.3 is 0 Å². The second-order valence-electron chi connectivity index (χ2n) is 7.56. The molecule has 1 aliphatic heterocycles. The largest absolute Gasteiger partial charge is 0.353 e. The first-order chi connectivity index (χ1) is 14.8. The van der Waals surface area contributed by atoms with Gasteiger partial charge in [-0.2, -0.15) is 10.1 Å². The van der Waals surface area contributed by atoms with E-state index in [1.807, 2.05) is 48.7 Å². The summed E-state index contributed by atoms with van der Waals surface area (Å²) in [4.78, 5) is 26.9. The minimum absolute atomic E-state index is 0.183. The molecule has 1 fully saturated rings. The minimum atomic E-state index is -0.183. The molecular formula is C22H23N7O. The normalized spacial score (nSPS) is 15.5. The van der Waals surface area contributed by atoms with Crippen LogP contribution in [0.4, 0.5) is 5.95 Å². The summed E-state index contributed by atoms with van der Waals surface area (Å²) >= 11 is 0. The number of H-pyrrole nitrogens is 1. The topological polar surface area (TPSA) is 91.7 Å². The van der Waals surface area contributed by atoms with Gasteiger partial charge in [0.1, 0.15) is 5.39 Å². The summed E-state index contributed by atoms with van der Waals surface area (Å²) in [6.07, 6.45) is 5.36. The van der Waals surface area contributed by atoms with Gasteiger partial charge in [-0.3, -0.25) is 19.7 Å². The molecule has 1 aliphatic rings. The Hall–Kier alpha value is -3.52. The highest BCUT2D eigenvalue weighted by molar-refractivity contribution is 5.76. The van der Waals surface area contributed by atoms with E-state index < -0.39 is 0 Å². The fourth-order valence-electron chi connectivity index (χ4n) is 3.89. The van der Waals surface area contributed by atoms with Gasteiger partial charge in [0.15, 0.2) is 5.65 Å². The second-order valence-corrected chi connectivity index (χ2v) is 7.56. The van der Waals surface area contributed by atoms with Crippen LogP contribution in [0.2, 0.25) is 0 Å². The molecule has 1 saturated heterocycles. The van der Waals surface area contributed by atoms with Crippen molar-refractivity contribution in [1.29, 1.82) is 0 Å². The maximum absolute atomic E-state index is 12.5. The highest BCUT2D eigenvalue weighted by Crippen LogP contribution is 2.18. The fourth-order valence-corrected chi connectivity index (χ4v) is 3.89. The van der Waals surface area contributed by atoms with Crippen molar-refractivity contribution in [2.75, 3.05) is 18.4 Å². The molecule has 0 aliphatic carbocycles. The number of rotatable bonds is 5. The van der Waals surface area contributed by atoms with Crippen molar-refractivity contribution in [3.05, 3.63) is 77.0 Å². The molecule has 3 aromatic heterocycles. The second kappa shape index (κ2) is 8.08. The molecule has 1 aromatic carbocycles. The number of para-hydroxylation sites is 1. The Morgan fingerprint density at radius 1 is 1.07 bits per heavy atom. The van der Waals surface area contributed by atoms with Crippen LogP contribution in [-0.2, 0) is 6.54 Å². The maximum Gasteiger partial charge on any atom is 0.263 e. The Balaban J connectivity index is 1.30. The van der Waals surface area contributed by atoms with Crippen molar-refractivity contribution in [2.45, 2.75) is 25.4 Å². The molecule has 0 spiro atoms. The Labute approximate surface area is 173 Å². The fraction of sp³-hybridized carbons (Fsp3) is 0.273. The Morgan fingerprint density at radius 3 is 2.63 bits per heavy atom. The van der Waals surface area contributed by atoms with Crippen LogP contribution in [0.1, 0.15) is 18.5 Å². The van der Waals surface area contributed by atoms with Gasteiger partial charge in [-0.25, -0.2) is 4.68 Å². The van der Waals surface area contributed by atoms with Gasteiger partial charge in [0.05, 0.1) is 17.6 Å². The van der Waals surface area contributed by atoms with E-state index in [1.165, 1.54) is 0 Å². The van der Waals surface area contributed by atoms with Gasteiger partial charge in [0.25, 0.3) is 5.56 Å². The van der Waals surface area contributed by atoms with E-state index in [0.29, 0.717) is 17.0 Å². The average Bonchev–Trinajstić information content (AvgIpc) is 3.21. The molecule has 4 aromatic rings. The molecule has 0 bridgehead atoms. The molecule has 30 heavy (non-hydrogen) atoms. The van der Waals surface area contributed by atoms with Crippen molar-refractivity contribution in [3.63, 3.8) is 0 Å². The van der Waals surface area contributed by atoms with Crippen molar-refractivity contribution < 1.29 is 0 Å². The molecule has 0 unspecified atom stereocenters. The van der Waals surface area contributed by atoms with E-state index in [0.717, 1.165) is 43.9 Å². The van der Waals surface area contributed by atoms with Gasteiger partial charge in [0.2, 0.25) is 5.95 Å². The SMILES string of the molecule is O=c1[nH]c(NC2CCN(Cc3ccccn3)CC2)nc2c1cnn2-c1ccccc1. The van der Waals surface area contributed by atoms with Gasteiger partial charge in [0, 0.05) is 31.9 Å². The Bertz CT molecular complexity index is 1180. The number of nitrogens with one attached hydrogen (secondary N) is 2. The molecule has 0 saturated carbocycles. The van der Waals surface area contributed by atoms with E-state index in [9.17, 15) is 4.79 Å². The number of aromatic amines is 1. The number of likely N-dealkylation sites (tertiary alicyclic amines) is 1. The van der Waals surface area contributed by atoms with Crippen LogP contribution in [-0.4, -0.2) is 48.8 Å². The van der Waals surface area contributed by atoms with Crippen LogP contribution in [0, 0.1) is 0 Å². The number of pyridine rings is 1. The number of hydrogen-bond donors (Lipinski definition) is 2. The molecule has 0 atom stereocenters. The van der Waals surface area contributed by atoms with E-state index in [2.05, 4.69) is 36.3 Å². The lowest BCUT2D eigenvalue weighted by Gasteiger charge is -2.32. The average molecular weight is 401 g/mol. The molecule has 8 heteroatoms. The molecular weight excluding hydrogens is 378 g/mol. The molecule has 2 N–H and O–H groups in total. The van der Waals surface area contributed by atoms with Crippen molar-refractivity contribution in [3.8, 4) is 5.69 Å². The lowest BCUT2D eigenvalue weighted by Crippen LogP contribution is -2.39. The third-order valence-electron chi connectivity index (χ3n) is 5.48. The Morgan fingerprint density at radius 2 is 1.87 bits per heavy atom. The van der Waals surface area contributed by atoms with Crippen molar-refractivity contribution in [2.24, 2.45) is 0 Å². The summed E-state index contributed by atoms with van der Waals surface area (Å²) in [5.74, 6) is 0.494. The van der Waals surface area contributed by atoms with E-state index in [1.54, 1.807) is 10.9 Å². The third-order valence-corrected chi connectivity index (χ3v) is 5.48. The van der Waals surface area contributed by atoms with E-state index >= 15 is 0 Å². The summed E-state index contributed by atoms with van der Waals surface area (Å²) in [5.41, 5.74) is 2.34. The first kappa shape index (κ1) is 18.5. The van der Waals surface area contributed by atoms with Crippen LogP contribution in [0.5, 0.6) is 0 Å². The molecule has 5 rings (SSSR count). The number of piperidine rings is 1. The lowest BCUT2D eigenvalue weighted by atomic mass is 10.1. The highest BCUT2D eigenvalue weighted by Gasteiger charge is 2.21. The predicted octanol–water partition coefficient (Wildman–Crippen LogP) is 2.58. The van der Waals surface area contributed by atoms with E-state index in [-0.39, 0.29) is 11.6 Å². The predicted molar refractivity (Wildman–Crippen MR) is 116 cm³/mol. The number of hydrogen-bond acceptors (Lipinski definition) is 6. The summed E-state index contributed by atoms with van der Waals surface area (Å²) in [6, 6.07) is 16.0. The van der Waals surface area contributed by atoms with E-state index in [4.69, 9.17) is 0 Å². The first-order valence-corrected chi connectivity index (χ1v) is 10.2. The summed E-state index contributed by atoms with van der Waals surface area (Å²) in [6.45, 7) is 2.82. The number of anilines is 1. The van der Waals surface area contributed by atoms with Gasteiger partial charge in [-0.15, -0.1) is 0 Å². The van der Waals surface area contributed by atoms with Crippen LogP contribution in [0.15, 0.2) is 65.7 Å². The maximum atomic E-state index is 12.5. The van der Waals surface area contributed by atoms with Crippen molar-refractivity contribution >= 4 is 17.0 Å². The number of aromatic nitrogens is 5. The van der Waals surface area contributed by atoms with Gasteiger partial charge in [-0.1, -0.05) is 24.3 Å². The standard InChI is InChI=1S/C22H23N7O/c30-21-19-14-24-29(18-7-2-1-3-8-18)20(19)26-22(27-21)25-16-9-12-28(13-10-16)15-17-6-4-5-11-23-17/h1-8,11,14,16H,9-10,12-13,15H2,(H2,25,26,27,30). The lowest BCUT2D eigenvalue weighted by molar-refractivity contribution is 0.209. The third kappa shape index (κ3) is 3.81. The van der Waals surface area contributed by atoms with Crippen LogP contribution in [0.25, 0.3) is 16.7 Å². The monoisotopic (exact) mass is 401 g/mol. The highest BCUT2D eigenvalue weighted by atomic mass is 16.1. The first-order valence-electron chi connectivity index (χ1n) is 10.2. The summed E-state index contributed by atoms with van der Waals surface area (Å²) in [5, 5.41) is 8.26. The molecule has 8 nitrogen and oxygen atoms in total. The van der Waals surface area contributed by atoms with Crippen molar-refractivity contribution in [1.82, 2.24) is 29.6 Å². The zero-order chi connectivity index (χ0) is 20.3. The Kier molecular flexibility index (Phi) is 4.98. The molecule has 152 valence electrons. The zero-order valence-corrected chi connectivity index (χ0v) is 16.5. The van der Waals surface area contributed by atoms with Gasteiger partial charge < -0.3 is 5.32 Å². The minimum Gasteiger partial charge on any atom is -0.353 e. The summed E-state index contributed by atoms with van der Waals surface area (Å²) < 4.78 is 1.70. The number of nitrogens with zero attached hydrogens (tertiary/aromatic N) is 5. The van der Waals surface area contributed by atoms with Crippen LogP contribution < -0.4 is 10.9 Å². The summed E-state index contributed by atoms with van der Waals surface area (Å²) in [7, 11) is 0. The van der Waals surface area contributed by atoms with Crippen LogP contribution >= 0.6 is 0 Å².